The molecule has 3 N–H and O–H groups in total. The van der Waals surface area contributed by atoms with Crippen LogP contribution in [0.2, 0.25) is 0 Å². The molecule has 0 spiro atoms. The number of primary amides is 1. The molecule has 1 unspecified atom stereocenters. The molecule has 0 saturated carbocycles. The van der Waals surface area contributed by atoms with Crippen LogP contribution in [-0.4, -0.2) is 34.7 Å². The molecule has 1 saturated heterocycles. The number of rotatable bonds is 3. The monoisotopic (exact) mass is 277 g/mol. The fraction of sp³-hybridized carbons (Fsp3) is 0.600. The van der Waals surface area contributed by atoms with Gasteiger partial charge in [-0.3, -0.25) is 4.79 Å². The number of hydrogen-bond acceptors (Lipinski definition) is 4. The van der Waals surface area contributed by atoms with Crippen molar-refractivity contribution in [2.75, 3.05) is 18.0 Å². The van der Waals surface area contributed by atoms with Gasteiger partial charge < -0.3 is 15.7 Å². The first-order valence-electron chi connectivity index (χ1n) is 7.11. The minimum absolute atomic E-state index is 0.438. The van der Waals surface area contributed by atoms with E-state index in [1.165, 1.54) is 0 Å². The Balaban J connectivity index is 2.41. The average Bonchev–Trinajstić information content (AvgIpc) is 2.41. The lowest BCUT2D eigenvalue weighted by atomic mass is 9.90. The lowest BCUT2D eigenvalue weighted by Crippen LogP contribution is -2.48. The number of piperidine rings is 1. The fourth-order valence-electron chi connectivity index (χ4n) is 2.70. The minimum atomic E-state index is -0.701. The number of nitrogens with zero attached hydrogens (tertiary/aromatic N) is 2. The topological polar surface area (TPSA) is 79.4 Å². The van der Waals surface area contributed by atoms with Crippen LogP contribution in [0.15, 0.2) is 6.07 Å². The number of hydrogen-bond donors (Lipinski definition) is 2. The standard InChI is InChI=1S/C15H23N3O2/c1-4-15(20)6-5-7-18(9-15)14-12(13(16)19)8-10(2)11(3)17-14/h8,20H,4-7,9H2,1-3H3,(H2,16,19). The summed E-state index contributed by atoms with van der Waals surface area (Å²) in [7, 11) is 0. The third-order valence-corrected chi connectivity index (χ3v) is 4.22. The zero-order valence-electron chi connectivity index (χ0n) is 12.4. The zero-order valence-corrected chi connectivity index (χ0v) is 12.4. The first kappa shape index (κ1) is 14.8. The average molecular weight is 277 g/mol. The zero-order chi connectivity index (χ0) is 14.9. The molecule has 1 aliphatic rings. The Hall–Kier alpha value is -1.62. The van der Waals surface area contributed by atoms with Gasteiger partial charge in [-0.05, 0) is 44.7 Å². The molecule has 0 bridgehead atoms. The van der Waals surface area contributed by atoms with Crippen molar-refractivity contribution in [3.63, 3.8) is 0 Å². The first-order chi connectivity index (χ1) is 9.36. The van der Waals surface area contributed by atoms with Crippen molar-refractivity contribution in [3.05, 3.63) is 22.9 Å². The summed E-state index contributed by atoms with van der Waals surface area (Å²) in [6.45, 7) is 7.10. The van der Waals surface area contributed by atoms with E-state index in [0.717, 1.165) is 30.6 Å². The summed E-state index contributed by atoms with van der Waals surface area (Å²) in [6.07, 6.45) is 2.37. The lowest BCUT2D eigenvalue weighted by Gasteiger charge is -2.40. The highest BCUT2D eigenvalue weighted by Gasteiger charge is 2.33. The second-order valence-corrected chi connectivity index (χ2v) is 5.73. The molecule has 1 aromatic rings. The number of pyridine rings is 1. The van der Waals surface area contributed by atoms with Gasteiger partial charge in [-0.25, -0.2) is 4.98 Å². The van der Waals surface area contributed by atoms with Gasteiger partial charge in [0.2, 0.25) is 0 Å². The van der Waals surface area contributed by atoms with Gasteiger partial charge in [-0.1, -0.05) is 6.92 Å². The number of aromatic nitrogens is 1. The SMILES string of the molecule is CCC1(O)CCCN(c2nc(C)c(C)cc2C(N)=O)C1. The van der Waals surface area contributed by atoms with Crippen LogP contribution in [-0.2, 0) is 0 Å². The maximum Gasteiger partial charge on any atom is 0.252 e. The number of anilines is 1. The molecule has 2 heterocycles. The molecule has 5 heteroatoms. The van der Waals surface area contributed by atoms with Gasteiger partial charge in [0.05, 0.1) is 11.2 Å². The summed E-state index contributed by atoms with van der Waals surface area (Å²) in [5.41, 5.74) is 7.04. The van der Waals surface area contributed by atoms with E-state index in [4.69, 9.17) is 5.73 Å². The van der Waals surface area contributed by atoms with E-state index in [1.807, 2.05) is 25.7 Å². The van der Waals surface area contributed by atoms with Gasteiger partial charge in [0.1, 0.15) is 5.82 Å². The van der Waals surface area contributed by atoms with Crippen molar-refractivity contribution in [2.45, 2.75) is 45.6 Å². The Bertz CT molecular complexity index is 530. The predicted octanol–water partition coefficient (Wildman–Crippen LogP) is 1.54. The fourth-order valence-corrected chi connectivity index (χ4v) is 2.70. The summed E-state index contributed by atoms with van der Waals surface area (Å²) < 4.78 is 0. The van der Waals surface area contributed by atoms with Crippen molar-refractivity contribution in [2.24, 2.45) is 5.73 Å². The maximum atomic E-state index is 11.7. The van der Waals surface area contributed by atoms with Crippen LogP contribution in [0.5, 0.6) is 0 Å². The van der Waals surface area contributed by atoms with Crippen LogP contribution in [0.1, 0.15) is 47.8 Å². The second kappa shape index (κ2) is 5.40. The molecule has 110 valence electrons. The molecule has 1 atom stereocenters. The number of aryl methyl sites for hydroxylation is 2. The van der Waals surface area contributed by atoms with Gasteiger partial charge in [-0.15, -0.1) is 0 Å². The number of β-amino-alcohol motifs (C(OH)–C–C–N with tert-alkyl or cyclic N) is 1. The molecule has 5 nitrogen and oxygen atoms in total. The summed E-state index contributed by atoms with van der Waals surface area (Å²) >= 11 is 0. The van der Waals surface area contributed by atoms with Crippen molar-refractivity contribution in [1.29, 1.82) is 0 Å². The van der Waals surface area contributed by atoms with Crippen LogP contribution in [0.4, 0.5) is 5.82 Å². The number of carbonyl (C=O) groups excluding carboxylic acids is 1. The molecule has 1 aromatic heterocycles. The highest BCUT2D eigenvalue weighted by molar-refractivity contribution is 5.98. The number of nitrogens with two attached hydrogens (primary N) is 1. The van der Waals surface area contributed by atoms with E-state index in [-0.39, 0.29) is 0 Å². The largest absolute Gasteiger partial charge is 0.388 e. The van der Waals surface area contributed by atoms with E-state index < -0.39 is 11.5 Å². The first-order valence-corrected chi connectivity index (χ1v) is 7.11. The van der Waals surface area contributed by atoms with E-state index in [1.54, 1.807) is 6.07 Å². The summed E-state index contributed by atoms with van der Waals surface area (Å²) in [6, 6.07) is 1.79. The van der Waals surface area contributed by atoms with E-state index in [0.29, 0.717) is 24.3 Å². The maximum absolute atomic E-state index is 11.7. The Kier molecular flexibility index (Phi) is 3.99. The second-order valence-electron chi connectivity index (χ2n) is 5.73. The van der Waals surface area contributed by atoms with Gasteiger partial charge >= 0.3 is 0 Å². The van der Waals surface area contributed by atoms with Crippen LogP contribution < -0.4 is 10.6 Å². The van der Waals surface area contributed by atoms with Crippen LogP contribution in [0.25, 0.3) is 0 Å². The van der Waals surface area contributed by atoms with Crippen molar-refractivity contribution >= 4 is 11.7 Å². The van der Waals surface area contributed by atoms with Gasteiger partial charge in [0.15, 0.2) is 0 Å². The Morgan fingerprint density at radius 3 is 2.85 bits per heavy atom. The van der Waals surface area contributed by atoms with Gasteiger partial charge in [-0.2, -0.15) is 0 Å². The summed E-state index contributed by atoms with van der Waals surface area (Å²) in [5, 5.41) is 10.5. The Morgan fingerprint density at radius 2 is 2.25 bits per heavy atom. The number of amides is 1. The summed E-state index contributed by atoms with van der Waals surface area (Å²) in [5.74, 6) is 0.133. The van der Waals surface area contributed by atoms with Gasteiger partial charge in [0.25, 0.3) is 5.91 Å². The van der Waals surface area contributed by atoms with E-state index in [2.05, 4.69) is 4.98 Å². The van der Waals surface area contributed by atoms with Crippen molar-refractivity contribution < 1.29 is 9.90 Å². The van der Waals surface area contributed by atoms with Crippen LogP contribution >= 0.6 is 0 Å². The van der Waals surface area contributed by atoms with E-state index in [9.17, 15) is 9.90 Å². The molecule has 1 amide bonds. The normalized spacial score (nSPS) is 22.9. The smallest absolute Gasteiger partial charge is 0.252 e. The summed E-state index contributed by atoms with van der Waals surface area (Å²) in [4.78, 5) is 18.2. The number of aliphatic hydroxyl groups is 1. The molecule has 0 aromatic carbocycles. The highest BCUT2D eigenvalue weighted by atomic mass is 16.3. The Labute approximate surface area is 119 Å². The third-order valence-electron chi connectivity index (χ3n) is 4.22. The van der Waals surface area contributed by atoms with Crippen molar-refractivity contribution in [3.8, 4) is 0 Å². The highest BCUT2D eigenvalue weighted by Crippen LogP contribution is 2.29. The van der Waals surface area contributed by atoms with Crippen LogP contribution in [0.3, 0.4) is 0 Å². The van der Waals surface area contributed by atoms with Crippen LogP contribution in [0, 0.1) is 13.8 Å². The Morgan fingerprint density at radius 1 is 1.55 bits per heavy atom. The van der Waals surface area contributed by atoms with Crippen molar-refractivity contribution in [1.82, 2.24) is 4.98 Å². The number of carbonyl (C=O) groups is 1. The molecule has 20 heavy (non-hydrogen) atoms. The van der Waals surface area contributed by atoms with Gasteiger partial charge in [0, 0.05) is 18.8 Å². The quantitative estimate of drug-likeness (QED) is 0.878. The molecule has 1 aliphatic heterocycles. The molecule has 0 radical (unpaired) electrons. The molecular formula is C15H23N3O2. The predicted molar refractivity (Wildman–Crippen MR) is 78.9 cm³/mol. The molecule has 0 aliphatic carbocycles. The van der Waals surface area contributed by atoms with E-state index >= 15 is 0 Å². The third kappa shape index (κ3) is 2.77. The molecular weight excluding hydrogens is 254 g/mol. The molecule has 2 rings (SSSR count). The lowest BCUT2D eigenvalue weighted by molar-refractivity contribution is 0.0220. The molecule has 1 fully saturated rings. The minimum Gasteiger partial charge on any atom is -0.388 e.